The third kappa shape index (κ3) is 3.06. The lowest BCUT2D eigenvalue weighted by molar-refractivity contribution is 0.582. The molecule has 0 aliphatic rings. The molecule has 0 aliphatic carbocycles. The molecule has 3 N–H and O–H groups in total. The smallest absolute Gasteiger partial charge is 0.151 e. The quantitative estimate of drug-likeness (QED) is 0.555. The van der Waals surface area contributed by atoms with Gasteiger partial charge in [-0.25, -0.2) is 9.67 Å². The number of thioether (sulfide) groups is 1. The predicted molar refractivity (Wildman–Crippen MR) is 53.5 cm³/mol. The van der Waals surface area contributed by atoms with Crippen LogP contribution in [-0.4, -0.2) is 19.9 Å². The monoisotopic (exact) mass is 199 g/mol. The van der Waals surface area contributed by atoms with Crippen LogP contribution in [0.15, 0.2) is 6.33 Å². The fourth-order valence-electron chi connectivity index (χ4n) is 0.941. The third-order valence-electron chi connectivity index (χ3n) is 1.49. The number of rotatable bonds is 4. The van der Waals surface area contributed by atoms with Crippen LogP contribution in [0.2, 0.25) is 0 Å². The minimum Gasteiger partial charge on any atom is -0.379 e. The van der Waals surface area contributed by atoms with E-state index in [1.165, 1.54) is 18.1 Å². The molecule has 0 fully saturated rings. The van der Waals surface area contributed by atoms with Gasteiger partial charge in [0, 0.05) is 6.54 Å². The zero-order valence-corrected chi connectivity index (χ0v) is 8.34. The summed E-state index contributed by atoms with van der Waals surface area (Å²) in [5.74, 6) is 1.50. The van der Waals surface area contributed by atoms with Gasteiger partial charge in [-0.05, 0) is 6.42 Å². The van der Waals surface area contributed by atoms with Crippen molar-refractivity contribution in [1.29, 1.82) is 5.41 Å². The molecule has 0 radical (unpaired) electrons. The molecule has 1 rings (SSSR count). The van der Waals surface area contributed by atoms with Crippen molar-refractivity contribution in [2.45, 2.75) is 25.6 Å². The maximum absolute atomic E-state index is 7.05. The highest BCUT2D eigenvalue weighted by atomic mass is 32.2. The lowest BCUT2D eigenvalue weighted by Crippen LogP contribution is -2.08. The van der Waals surface area contributed by atoms with Crippen molar-refractivity contribution < 1.29 is 0 Å². The zero-order chi connectivity index (χ0) is 9.68. The van der Waals surface area contributed by atoms with Gasteiger partial charge in [0.25, 0.3) is 0 Å². The molecule has 1 aromatic heterocycles. The van der Waals surface area contributed by atoms with Crippen LogP contribution in [-0.2, 0) is 12.3 Å². The van der Waals surface area contributed by atoms with E-state index in [1.54, 1.807) is 0 Å². The number of aromatic nitrogens is 3. The lowest BCUT2D eigenvalue weighted by atomic mass is 10.5. The van der Waals surface area contributed by atoms with Crippen molar-refractivity contribution in [2.75, 3.05) is 0 Å². The lowest BCUT2D eigenvalue weighted by Gasteiger charge is -2.02. The van der Waals surface area contributed by atoms with Crippen LogP contribution in [0, 0.1) is 5.41 Å². The standard InChI is InChI=1S/C7H13N5S/c1-2-3-12-6(10-5-11-12)4-13-7(8)9/h5H,2-4H2,1H3,(H3,8,9). The normalized spacial score (nSPS) is 10.2. The second-order valence-electron chi connectivity index (χ2n) is 2.55. The Kier molecular flexibility index (Phi) is 3.75. The summed E-state index contributed by atoms with van der Waals surface area (Å²) >= 11 is 1.27. The number of nitrogens with zero attached hydrogens (tertiary/aromatic N) is 3. The number of aryl methyl sites for hydroxylation is 1. The van der Waals surface area contributed by atoms with Crippen LogP contribution in [0.3, 0.4) is 0 Å². The van der Waals surface area contributed by atoms with Gasteiger partial charge in [0.05, 0.1) is 5.75 Å². The summed E-state index contributed by atoms with van der Waals surface area (Å²) < 4.78 is 1.84. The van der Waals surface area contributed by atoms with Crippen molar-refractivity contribution in [2.24, 2.45) is 5.73 Å². The van der Waals surface area contributed by atoms with Gasteiger partial charge in [-0.15, -0.1) is 0 Å². The molecule has 72 valence electrons. The molecular weight excluding hydrogens is 186 g/mol. The molecule has 0 atom stereocenters. The first-order valence-corrected chi connectivity index (χ1v) is 5.06. The largest absolute Gasteiger partial charge is 0.379 e. The molecule has 0 bridgehead atoms. The van der Waals surface area contributed by atoms with Crippen molar-refractivity contribution in [3.63, 3.8) is 0 Å². The van der Waals surface area contributed by atoms with Crippen LogP contribution < -0.4 is 5.73 Å². The predicted octanol–water partition coefficient (Wildman–Crippen LogP) is 0.815. The molecule has 0 saturated carbocycles. The number of amidine groups is 1. The Morgan fingerprint density at radius 2 is 2.54 bits per heavy atom. The fourth-order valence-corrected chi connectivity index (χ4v) is 1.45. The van der Waals surface area contributed by atoms with E-state index in [-0.39, 0.29) is 5.17 Å². The molecule has 13 heavy (non-hydrogen) atoms. The summed E-state index contributed by atoms with van der Waals surface area (Å²) in [5.41, 5.74) is 5.22. The Labute approximate surface area is 81.2 Å². The molecule has 0 unspecified atom stereocenters. The van der Waals surface area contributed by atoms with E-state index in [0.717, 1.165) is 18.8 Å². The Morgan fingerprint density at radius 1 is 1.77 bits per heavy atom. The minimum atomic E-state index is 0.117. The molecular formula is C7H13N5S. The first-order chi connectivity index (χ1) is 6.24. The van der Waals surface area contributed by atoms with Gasteiger partial charge in [0.1, 0.15) is 12.2 Å². The maximum atomic E-state index is 7.05. The highest BCUT2D eigenvalue weighted by Crippen LogP contribution is 2.08. The number of hydrogen-bond donors (Lipinski definition) is 2. The van der Waals surface area contributed by atoms with Crippen molar-refractivity contribution in [3.8, 4) is 0 Å². The molecule has 0 aliphatic heterocycles. The summed E-state index contributed by atoms with van der Waals surface area (Å²) in [6.07, 6.45) is 2.56. The molecule has 0 saturated heterocycles. The minimum absolute atomic E-state index is 0.117. The van der Waals surface area contributed by atoms with Crippen molar-refractivity contribution in [1.82, 2.24) is 14.8 Å². The molecule has 1 heterocycles. The zero-order valence-electron chi connectivity index (χ0n) is 7.53. The highest BCUT2D eigenvalue weighted by Gasteiger charge is 2.03. The third-order valence-corrected chi connectivity index (χ3v) is 2.20. The Bertz CT molecular complexity index is 282. The van der Waals surface area contributed by atoms with Crippen LogP contribution in [0.1, 0.15) is 19.2 Å². The molecule has 1 aromatic rings. The van der Waals surface area contributed by atoms with E-state index < -0.39 is 0 Å². The summed E-state index contributed by atoms with van der Waals surface area (Å²) in [4.78, 5) is 4.09. The molecule has 0 amide bonds. The summed E-state index contributed by atoms with van der Waals surface area (Å²) in [6, 6.07) is 0. The number of nitrogens with one attached hydrogen (secondary N) is 1. The summed E-state index contributed by atoms with van der Waals surface area (Å²) in [7, 11) is 0. The fraction of sp³-hybridized carbons (Fsp3) is 0.571. The topological polar surface area (TPSA) is 80.6 Å². The second kappa shape index (κ2) is 4.86. The van der Waals surface area contributed by atoms with Crippen LogP contribution >= 0.6 is 11.8 Å². The van der Waals surface area contributed by atoms with Crippen molar-refractivity contribution >= 4 is 16.9 Å². The molecule has 0 aromatic carbocycles. The van der Waals surface area contributed by atoms with Crippen LogP contribution in [0.5, 0.6) is 0 Å². The van der Waals surface area contributed by atoms with E-state index in [9.17, 15) is 0 Å². The molecule has 5 nitrogen and oxygen atoms in total. The van der Waals surface area contributed by atoms with E-state index in [1.807, 2.05) is 4.68 Å². The average molecular weight is 199 g/mol. The van der Waals surface area contributed by atoms with Gasteiger partial charge in [-0.3, -0.25) is 5.41 Å². The van der Waals surface area contributed by atoms with Crippen molar-refractivity contribution in [3.05, 3.63) is 12.2 Å². The van der Waals surface area contributed by atoms with Gasteiger partial charge >= 0.3 is 0 Å². The Hall–Kier alpha value is -1.04. The molecule has 6 heteroatoms. The average Bonchev–Trinajstić information content (AvgIpc) is 2.49. The van der Waals surface area contributed by atoms with Gasteiger partial charge < -0.3 is 5.73 Å². The number of nitrogens with two attached hydrogens (primary N) is 1. The van der Waals surface area contributed by atoms with E-state index in [4.69, 9.17) is 11.1 Å². The van der Waals surface area contributed by atoms with E-state index >= 15 is 0 Å². The first kappa shape index (κ1) is 10.0. The summed E-state index contributed by atoms with van der Waals surface area (Å²) in [5, 5.41) is 11.2. The Morgan fingerprint density at radius 3 is 3.15 bits per heavy atom. The molecule has 0 spiro atoms. The van der Waals surface area contributed by atoms with E-state index in [0.29, 0.717) is 5.75 Å². The Balaban J connectivity index is 2.54. The van der Waals surface area contributed by atoms with Gasteiger partial charge in [0.15, 0.2) is 5.17 Å². The SMILES string of the molecule is CCCn1ncnc1CSC(=N)N. The maximum Gasteiger partial charge on any atom is 0.151 e. The van der Waals surface area contributed by atoms with Gasteiger partial charge in [0.2, 0.25) is 0 Å². The van der Waals surface area contributed by atoms with Gasteiger partial charge in [-0.2, -0.15) is 5.10 Å². The highest BCUT2D eigenvalue weighted by molar-refractivity contribution is 8.12. The van der Waals surface area contributed by atoms with Crippen LogP contribution in [0.4, 0.5) is 0 Å². The second-order valence-corrected chi connectivity index (χ2v) is 3.57. The van der Waals surface area contributed by atoms with E-state index in [2.05, 4.69) is 17.0 Å². The summed E-state index contributed by atoms with van der Waals surface area (Å²) in [6.45, 7) is 2.96. The number of hydrogen-bond acceptors (Lipinski definition) is 4. The van der Waals surface area contributed by atoms with Gasteiger partial charge in [-0.1, -0.05) is 18.7 Å². The van der Waals surface area contributed by atoms with Crippen LogP contribution in [0.25, 0.3) is 0 Å². The first-order valence-electron chi connectivity index (χ1n) is 4.07.